The highest BCUT2D eigenvalue weighted by molar-refractivity contribution is 5.97. The van der Waals surface area contributed by atoms with Gasteiger partial charge in [-0.25, -0.2) is 4.79 Å². The maximum Gasteiger partial charge on any atom is 0.341 e. The molecule has 1 aliphatic carbocycles. The summed E-state index contributed by atoms with van der Waals surface area (Å²) in [6.07, 6.45) is 2.63. The van der Waals surface area contributed by atoms with Gasteiger partial charge in [-0.15, -0.1) is 0 Å². The smallest absolute Gasteiger partial charge is 0.341 e. The lowest BCUT2D eigenvalue weighted by molar-refractivity contribution is 0.0689. The van der Waals surface area contributed by atoms with Gasteiger partial charge in [0.25, 0.3) is 5.56 Å². The summed E-state index contributed by atoms with van der Waals surface area (Å²) in [6.45, 7) is 6.02. The second kappa shape index (κ2) is 5.65. The van der Waals surface area contributed by atoms with Gasteiger partial charge in [0, 0.05) is 22.6 Å². The highest BCUT2D eigenvalue weighted by Gasteiger charge is 2.41. The van der Waals surface area contributed by atoms with Crippen molar-refractivity contribution in [2.75, 3.05) is 0 Å². The fourth-order valence-corrected chi connectivity index (χ4v) is 4.20. The molecule has 3 heterocycles. The maximum atomic E-state index is 13.1. The number of hydrogen-bond donors (Lipinski definition) is 2. The van der Waals surface area contributed by atoms with E-state index in [0.29, 0.717) is 33.5 Å². The van der Waals surface area contributed by atoms with Crippen LogP contribution in [0.2, 0.25) is 0 Å². The van der Waals surface area contributed by atoms with Crippen molar-refractivity contribution in [3.8, 4) is 22.8 Å². The first-order valence-corrected chi connectivity index (χ1v) is 9.61. The van der Waals surface area contributed by atoms with Crippen LogP contribution in [0.25, 0.3) is 22.2 Å². The molecule has 1 fully saturated rings. The summed E-state index contributed by atoms with van der Waals surface area (Å²) in [6, 6.07) is 4.65. The van der Waals surface area contributed by atoms with Crippen molar-refractivity contribution in [1.29, 1.82) is 0 Å². The first kappa shape index (κ1) is 17.8. The van der Waals surface area contributed by atoms with Crippen molar-refractivity contribution < 1.29 is 24.2 Å². The van der Waals surface area contributed by atoms with Gasteiger partial charge in [-0.05, 0) is 31.0 Å². The Kier molecular flexibility index (Phi) is 3.48. The average Bonchev–Trinajstić information content (AvgIpc) is 3.34. The molecular formula is C22H21NO6. The molecule has 3 aromatic rings. The summed E-state index contributed by atoms with van der Waals surface area (Å²) in [5.41, 5.74) is 1.02. The highest BCUT2D eigenvalue weighted by Crippen LogP contribution is 2.54. The Morgan fingerprint density at radius 1 is 1.24 bits per heavy atom. The molecule has 0 bridgehead atoms. The molecule has 0 unspecified atom stereocenters. The van der Waals surface area contributed by atoms with Gasteiger partial charge in [0.2, 0.25) is 0 Å². The van der Waals surface area contributed by atoms with E-state index in [9.17, 15) is 19.8 Å². The van der Waals surface area contributed by atoms with Gasteiger partial charge in [-0.2, -0.15) is 0 Å². The molecule has 0 amide bonds. The van der Waals surface area contributed by atoms with E-state index in [-0.39, 0.29) is 22.8 Å². The minimum atomic E-state index is -1.25. The summed E-state index contributed by atoms with van der Waals surface area (Å²) in [5.74, 6) is -0.765. The number of nitrogens with zero attached hydrogens (tertiary/aromatic N) is 1. The van der Waals surface area contributed by atoms with Gasteiger partial charge in [-0.1, -0.05) is 20.8 Å². The van der Waals surface area contributed by atoms with Crippen LogP contribution in [-0.2, 0) is 0 Å². The van der Waals surface area contributed by atoms with Crippen molar-refractivity contribution in [3.63, 3.8) is 0 Å². The number of phenolic OH excluding ortho intramolecular Hbond substituents is 1. The number of fused-ring (bicyclic) bond motifs is 5. The second-order valence-electron chi connectivity index (χ2n) is 8.87. The van der Waals surface area contributed by atoms with Gasteiger partial charge in [0.15, 0.2) is 11.3 Å². The van der Waals surface area contributed by atoms with E-state index in [0.717, 1.165) is 12.8 Å². The van der Waals surface area contributed by atoms with Gasteiger partial charge in [-0.3, -0.25) is 4.79 Å². The Morgan fingerprint density at radius 3 is 2.59 bits per heavy atom. The molecule has 1 aliphatic heterocycles. The van der Waals surface area contributed by atoms with Crippen LogP contribution in [0.15, 0.2) is 33.7 Å². The Labute approximate surface area is 166 Å². The lowest BCUT2D eigenvalue weighted by Crippen LogP contribution is -2.34. The van der Waals surface area contributed by atoms with E-state index < -0.39 is 17.6 Å². The molecule has 1 atom stereocenters. The molecule has 1 aromatic carbocycles. The number of aromatic carboxylic acids is 1. The van der Waals surface area contributed by atoms with Crippen LogP contribution in [0, 0.1) is 5.41 Å². The molecule has 7 nitrogen and oxygen atoms in total. The Bertz CT molecular complexity index is 1240. The average molecular weight is 395 g/mol. The molecule has 2 N–H and O–H groups in total. The summed E-state index contributed by atoms with van der Waals surface area (Å²) in [7, 11) is 0. The highest BCUT2D eigenvalue weighted by atomic mass is 16.5. The van der Waals surface area contributed by atoms with E-state index in [4.69, 9.17) is 9.15 Å². The number of aromatic hydroxyl groups is 1. The van der Waals surface area contributed by atoms with Crippen molar-refractivity contribution in [1.82, 2.24) is 4.57 Å². The number of furan rings is 1. The van der Waals surface area contributed by atoms with Crippen LogP contribution in [0.5, 0.6) is 11.5 Å². The molecule has 5 rings (SSSR count). The summed E-state index contributed by atoms with van der Waals surface area (Å²) in [4.78, 5) is 24.9. The van der Waals surface area contributed by atoms with Crippen LogP contribution in [0.4, 0.5) is 0 Å². The van der Waals surface area contributed by atoms with Crippen molar-refractivity contribution in [2.45, 2.75) is 45.8 Å². The molecule has 2 aromatic heterocycles. The molecular weight excluding hydrogens is 374 g/mol. The number of benzene rings is 1. The lowest BCUT2D eigenvalue weighted by Gasteiger charge is -2.38. The van der Waals surface area contributed by atoms with Gasteiger partial charge in [0.05, 0.1) is 17.3 Å². The standard InChI is InChI=1S/C22H21NO6/c1-22(2,3)19-13-8-14(21(26)27)20(25)23(10-4-5-10)16(13)12-9-15(24)18-11(6-7-28-18)17(12)29-19/h6-10,19,24H,4-5H2,1-3H3,(H,26,27)/t19-/m1/s1. The van der Waals surface area contributed by atoms with Gasteiger partial charge < -0.3 is 23.9 Å². The molecule has 150 valence electrons. The zero-order chi connectivity index (χ0) is 20.7. The van der Waals surface area contributed by atoms with Crippen LogP contribution < -0.4 is 10.3 Å². The quantitative estimate of drug-likeness (QED) is 0.663. The second-order valence-corrected chi connectivity index (χ2v) is 8.87. The lowest BCUT2D eigenvalue weighted by atomic mass is 9.80. The molecule has 2 aliphatic rings. The predicted octanol–water partition coefficient (Wildman–Crippen LogP) is 4.48. The van der Waals surface area contributed by atoms with E-state index in [1.807, 2.05) is 20.8 Å². The third-order valence-corrected chi connectivity index (χ3v) is 5.63. The van der Waals surface area contributed by atoms with Crippen LogP contribution >= 0.6 is 0 Å². The van der Waals surface area contributed by atoms with Crippen molar-refractivity contribution >= 4 is 16.9 Å². The van der Waals surface area contributed by atoms with Crippen molar-refractivity contribution in [3.05, 3.63) is 45.9 Å². The van der Waals surface area contributed by atoms with Crippen LogP contribution in [-0.4, -0.2) is 20.7 Å². The topological polar surface area (TPSA) is 102 Å². The number of ether oxygens (including phenoxy) is 1. The molecule has 0 saturated heterocycles. The summed E-state index contributed by atoms with van der Waals surface area (Å²) < 4.78 is 13.4. The summed E-state index contributed by atoms with van der Waals surface area (Å²) in [5, 5.41) is 20.7. The molecule has 7 heteroatoms. The summed E-state index contributed by atoms with van der Waals surface area (Å²) >= 11 is 0. The minimum Gasteiger partial charge on any atom is -0.504 e. The van der Waals surface area contributed by atoms with E-state index in [2.05, 4.69) is 0 Å². The Balaban J connectivity index is 1.95. The first-order valence-electron chi connectivity index (χ1n) is 9.61. The number of carbonyl (C=O) groups is 1. The van der Waals surface area contributed by atoms with Crippen molar-refractivity contribution in [2.24, 2.45) is 5.41 Å². The number of aromatic nitrogens is 1. The predicted molar refractivity (Wildman–Crippen MR) is 106 cm³/mol. The SMILES string of the molecule is CC(C)(C)[C@@H]1Oc2c(cc(O)c3occc23)-c2c1cc(C(=O)O)c(=O)n2C1CC1. The molecule has 0 spiro atoms. The first-order chi connectivity index (χ1) is 13.7. The monoisotopic (exact) mass is 395 g/mol. The number of rotatable bonds is 2. The van der Waals surface area contributed by atoms with Gasteiger partial charge in [0.1, 0.15) is 17.4 Å². The fourth-order valence-electron chi connectivity index (χ4n) is 4.20. The number of phenols is 1. The molecule has 1 saturated carbocycles. The van der Waals surface area contributed by atoms with E-state index in [1.54, 1.807) is 10.6 Å². The largest absolute Gasteiger partial charge is 0.504 e. The Hall–Kier alpha value is -3.22. The van der Waals surface area contributed by atoms with Crippen LogP contribution in [0.1, 0.15) is 61.7 Å². The van der Waals surface area contributed by atoms with Crippen LogP contribution in [0.3, 0.4) is 0 Å². The minimum absolute atomic E-state index is 0.0513. The van der Waals surface area contributed by atoms with Gasteiger partial charge >= 0.3 is 5.97 Å². The fraction of sp³-hybridized carbons (Fsp3) is 0.364. The van der Waals surface area contributed by atoms with E-state index in [1.165, 1.54) is 18.4 Å². The molecule has 29 heavy (non-hydrogen) atoms. The normalized spacial score (nSPS) is 18.2. The number of hydrogen-bond acceptors (Lipinski definition) is 5. The number of carboxylic acids is 1. The Morgan fingerprint density at radius 2 is 1.97 bits per heavy atom. The molecule has 0 radical (unpaired) electrons. The zero-order valence-corrected chi connectivity index (χ0v) is 16.4. The zero-order valence-electron chi connectivity index (χ0n) is 16.4. The number of pyridine rings is 1. The number of carboxylic acid groups (broad SMARTS) is 1. The van der Waals surface area contributed by atoms with E-state index >= 15 is 0 Å². The maximum absolute atomic E-state index is 13.1. The third-order valence-electron chi connectivity index (χ3n) is 5.63. The third kappa shape index (κ3) is 2.50.